The van der Waals surface area contributed by atoms with Gasteiger partial charge in [-0.05, 0) is 41.6 Å². The van der Waals surface area contributed by atoms with E-state index in [-0.39, 0.29) is 0 Å². The van der Waals surface area contributed by atoms with Crippen LogP contribution in [0.2, 0.25) is 0 Å². The molecule has 0 aliphatic carbocycles. The van der Waals surface area contributed by atoms with Crippen LogP contribution in [0.4, 0.5) is 0 Å². The number of hydrogen-bond acceptors (Lipinski definition) is 2. The molecule has 0 aliphatic heterocycles. The summed E-state index contributed by atoms with van der Waals surface area (Å²) in [6.07, 6.45) is 2.13. The van der Waals surface area contributed by atoms with Gasteiger partial charge in [0.2, 0.25) is 0 Å². The normalized spacial score (nSPS) is 11.6. The van der Waals surface area contributed by atoms with Crippen molar-refractivity contribution in [2.45, 2.75) is 26.9 Å². The Kier molecular flexibility index (Phi) is 5.00. The molecule has 2 aromatic rings. The summed E-state index contributed by atoms with van der Waals surface area (Å²) in [6.45, 7) is 8.12. The van der Waals surface area contributed by atoms with Crippen molar-refractivity contribution in [1.82, 2.24) is 9.88 Å². The molecule has 0 saturated carbocycles. The van der Waals surface area contributed by atoms with Gasteiger partial charge in [0.1, 0.15) is 0 Å². The van der Waals surface area contributed by atoms with Crippen LogP contribution in [-0.2, 0) is 17.8 Å². The molecule has 1 N–H and O–H groups in total. The molecule has 1 aromatic heterocycles. The van der Waals surface area contributed by atoms with Gasteiger partial charge in [-0.15, -0.1) is 0 Å². The molecule has 0 aliphatic rings. The Bertz CT molecular complexity index is 516. The minimum atomic E-state index is 0.693. The predicted octanol–water partition coefficient (Wildman–Crippen LogP) is 3.03. The van der Waals surface area contributed by atoms with Crippen molar-refractivity contribution < 1.29 is 4.74 Å². The SMILES string of the molecule is COCCn1ccc2cc(CNCC(C)C)ccc21. The molecule has 2 rings (SSSR count). The second-order valence-corrected chi connectivity index (χ2v) is 5.42. The van der Waals surface area contributed by atoms with Crippen molar-refractivity contribution in [3.8, 4) is 0 Å². The van der Waals surface area contributed by atoms with Crippen LogP contribution in [0.25, 0.3) is 10.9 Å². The minimum Gasteiger partial charge on any atom is -0.383 e. The molecule has 0 spiro atoms. The Labute approximate surface area is 115 Å². The second kappa shape index (κ2) is 6.73. The van der Waals surface area contributed by atoms with Crippen molar-refractivity contribution in [3.63, 3.8) is 0 Å². The van der Waals surface area contributed by atoms with Crippen LogP contribution in [0.1, 0.15) is 19.4 Å². The lowest BCUT2D eigenvalue weighted by atomic mass is 10.1. The van der Waals surface area contributed by atoms with Crippen LogP contribution in [0, 0.1) is 5.92 Å². The Balaban J connectivity index is 2.05. The van der Waals surface area contributed by atoms with Crippen molar-refractivity contribution in [2.24, 2.45) is 5.92 Å². The highest BCUT2D eigenvalue weighted by atomic mass is 16.5. The summed E-state index contributed by atoms with van der Waals surface area (Å²) in [4.78, 5) is 0. The van der Waals surface area contributed by atoms with E-state index < -0.39 is 0 Å². The van der Waals surface area contributed by atoms with Crippen LogP contribution in [0.15, 0.2) is 30.5 Å². The molecule has 1 aromatic carbocycles. The van der Waals surface area contributed by atoms with Gasteiger partial charge >= 0.3 is 0 Å². The monoisotopic (exact) mass is 260 g/mol. The molecule has 0 amide bonds. The third-order valence-electron chi connectivity index (χ3n) is 3.25. The lowest BCUT2D eigenvalue weighted by molar-refractivity contribution is 0.188. The van der Waals surface area contributed by atoms with Crippen molar-refractivity contribution in [2.75, 3.05) is 20.3 Å². The van der Waals surface area contributed by atoms with Gasteiger partial charge < -0.3 is 14.6 Å². The summed E-state index contributed by atoms with van der Waals surface area (Å²) in [5, 5.41) is 4.79. The topological polar surface area (TPSA) is 26.2 Å². The van der Waals surface area contributed by atoms with E-state index in [1.807, 2.05) is 0 Å². The Morgan fingerprint density at radius 2 is 2.11 bits per heavy atom. The Morgan fingerprint density at radius 1 is 1.26 bits per heavy atom. The van der Waals surface area contributed by atoms with E-state index in [2.05, 4.69) is 54.2 Å². The first-order chi connectivity index (χ1) is 9.20. The summed E-state index contributed by atoms with van der Waals surface area (Å²) in [6, 6.07) is 8.86. The fraction of sp³-hybridized carbons (Fsp3) is 0.500. The molecular formula is C16H24N2O. The zero-order valence-corrected chi connectivity index (χ0v) is 12.1. The number of fused-ring (bicyclic) bond motifs is 1. The maximum Gasteiger partial charge on any atom is 0.0641 e. The molecule has 0 unspecified atom stereocenters. The zero-order valence-electron chi connectivity index (χ0n) is 12.1. The van der Waals surface area contributed by atoms with Crippen molar-refractivity contribution >= 4 is 10.9 Å². The number of aromatic nitrogens is 1. The molecule has 3 nitrogen and oxygen atoms in total. The molecule has 19 heavy (non-hydrogen) atoms. The lowest BCUT2D eigenvalue weighted by Crippen LogP contribution is -2.18. The summed E-state index contributed by atoms with van der Waals surface area (Å²) in [7, 11) is 1.74. The first-order valence-corrected chi connectivity index (χ1v) is 6.98. The zero-order chi connectivity index (χ0) is 13.7. The van der Waals surface area contributed by atoms with E-state index in [1.165, 1.54) is 16.5 Å². The van der Waals surface area contributed by atoms with Crippen LogP contribution >= 0.6 is 0 Å². The lowest BCUT2D eigenvalue weighted by Gasteiger charge is -2.08. The van der Waals surface area contributed by atoms with E-state index in [4.69, 9.17) is 4.74 Å². The Morgan fingerprint density at radius 3 is 2.84 bits per heavy atom. The first-order valence-electron chi connectivity index (χ1n) is 6.98. The fourth-order valence-electron chi connectivity index (χ4n) is 2.25. The fourth-order valence-corrected chi connectivity index (χ4v) is 2.25. The largest absolute Gasteiger partial charge is 0.383 e. The number of rotatable bonds is 7. The van der Waals surface area contributed by atoms with Crippen LogP contribution < -0.4 is 5.32 Å². The molecule has 0 bridgehead atoms. The highest BCUT2D eigenvalue weighted by Gasteiger charge is 2.02. The van der Waals surface area contributed by atoms with Crippen LogP contribution in [0.5, 0.6) is 0 Å². The molecule has 0 atom stereocenters. The van der Waals surface area contributed by atoms with Gasteiger partial charge in [0.15, 0.2) is 0 Å². The van der Waals surface area contributed by atoms with Crippen LogP contribution in [-0.4, -0.2) is 24.8 Å². The number of benzene rings is 1. The quantitative estimate of drug-likeness (QED) is 0.828. The van der Waals surface area contributed by atoms with Crippen molar-refractivity contribution in [1.29, 1.82) is 0 Å². The van der Waals surface area contributed by atoms with Gasteiger partial charge in [0, 0.05) is 31.9 Å². The van der Waals surface area contributed by atoms with E-state index in [1.54, 1.807) is 7.11 Å². The number of hydrogen-bond donors (Lipinski definition) is 1. The van der Waals surface area contributed by atoms with Gasteiger partial charge in [-0.3, -0.25) is 0 Å². The van der Waals surface area contributed by atoms with E-state index >= 15 is 0 Å². The average molecular weight is 260 g/mol. The molecule has 104 valence electrons. The van der Waals surface area contributed by atoms with E-state index in [9.17, 15) is 0 Å². The van der Waals surface area contributed by atoms with Gasteiger partial charge in [-0.25, -0.2) is 0 Å². The van der Waals surface area contributed by atoms with E-state index in [0.29, 0.717) is 5.92 Å². The number of ether oxygens (including phenoxy) is 1. The third kappa shape index (κ3) is 3.82. The predicted molar refractivity (Wildman–Crippen MR) is 80.4 cm³/mol. The highest BCUT2D eigenvalue weighted by molar-refractivity contribution is 5.80. The standard InChI is InChI=1S/C16H24N2O/c1-13(2)11-17-12-14-4-5-16-15(10-14)6-7-18(16)8-9-19-3/h4-7,10,13,17H,8-9,11-12H2,1-3H3. The molecule has 0 radical (unpaired) electrons. The maximum absolute atomic E-state index is 5.13. The van der Waals surface area contributed by atoms with Crippen LogP contribution in [0.3, 0.4) is 0 Å². The van der Waals surface area contributed by atoms with Gasteiger partial charge in [-0.2, -0.15) is 0 Å². The second-order valence-electron chi connectivity index (χ2n) is 5.42. The van der Waals surface area contributed by atoms with Gasteiger partial charge in [0.05, 0.1) is 6.61 Å². The molecule has 1 heterocycles. The molecule has 3 heteroatoms. The Hall–Kier alpha value is -1.32. The third-order valence-corrected chi connectivity index (χ3v) is 3.25. The summed E-state index contributed by atoms with van der Waals surface area (Å²) >= 11 is 0. The average Bonchev–Trinajstić information content (AvgIpc) is 2.78. The number of nitrogens with zero attached hydrogens (tertiary/aromatic N) is 1. The van der Waals surface area contributed by atoms with E-state index in [0.717, 1.165) is 26.2 Å². The first kappa shape index (κ1) is 14.1. The summed E-state index contributed by atoms with van der Waals surface area (Å²) < 4.78 is 7.37. The van der Waals surface area contributed by atoms with Crippen molar-refractivity contribution in [3.05, 3.63) is 36.0 Å². The maximum atomic E-state index is 5.13. The van der Waals surface area contributed by atoms with Gasteiger partial charge in [-0.1, -0.05) is 19.9 Å². The van der Waals surface area contributed by atoms with Gasteiger partial charge in [0.25, 0.3) is 0 Å². The smallest absolute Gasteiger partial charge is 0.0641 e. The highest BCUT2D eigenvalue weighted by Crippen LogP contribution is 2.17. The summed E-state index contributed by atoms with van der Waals surface area (Å²) in [5.74, 6) is 0.693. The molecule has 0 fully saturated rings. The number of nitrogens with one attached hydrogen (secondary N) is 1. The minimum absolute atomic E-state index is 0.693. The molecule has 0 saturated heterocycles. The number of methoxy groups -OCH3 is 1. The molecular weight excluding hydrogens is 236 g/mol. The summed E-state index contributed by atoms with van der Waals surface area (Å²) in [5.41, 5.74) is 2.63.